The molecule has 0 radical (unpaired) electrons. The van der Waals surface area contributed by atoms with Crippen LogP contribution < -0.4 is 0 Å². The van der Waals surface area contributed by atoms with E-state index in [1.54, 1.807) is 0 Å². The summed E-state index contributed by atoms with van der Waals surface area (Å²) in [5.41, 5.74) is 1.93. The number of nitrogens with zero attached hydrogens (tertiary/aromatic N) is 1. The van der Waals surface area contributed by atoms with Gasteiger partial charge in [0.25, 0.3) is 0 Å². The number of hydrogen-bond donors (Lipinski definition) is 0. The van der Waals surface area contributed by atoms with E-state index in [2.05, 4.69) is 25.8 Å². The highest BCUT2D eigenvalue weighted by Crippen LogP contribution is 2.36. The summed E-state index contributed by atoms with van der Waals surface area (Å²) >= 11 is 0. The van der Waals surface area contributed by atoms with Crippen molar-refractivity contribution in [2.24, 2.45) is 16.3 Å². The largest absolute Gasteiger partial charge is 0.297 e. The van der Waals surface area contributed by atoms with Gasteiger partial charge in [-0.15, -0.1) is 0 Å². The Morgan fingerprint density at radius 3 is 2.00 bits per heavy atom. The van der Waals surface area contributed by atoms with Gasteiger partial charge >= 0.3 is 0 Å². The van der Waals surface area contributed by atoms with Gasteiger partial charge in [0.2, 0.25) is 0 Å². The van der Waals surface area contributed by atoms with Crippen LogP contribution in [-0.2, 0) is 0 Å². The first-order valence-corrected chi connectivity index (χ1v) is 4.98. The van der Waals surface area contributed by atoms with Crippen molar-refractivity contribution in [3.05, 3.63) is 0 Å². The minimum Gasteiger partial charge on any atom is -0.297 e. The van der Waals surface area contributed by atoms with E-state index in [1.165, 1.54) is 31.4 Å². The van der Waals surface area contributed by atoms with Crippen molar-refractivity contribution < 1.29 is 0 Å². The Bertz CT molecular complexity index is 164. The summed E-state index contributed by atoms with van der Waals surface area (Å²) < 4.78 is 0. The van der Waals surface area contributed by atoms with Crippen LogP contribution in [0.15, 0.2) is 4.99 Å². The Balaban J connectivity index is 2.47. The average Bonchev–Trinajstić information content (AvgIpc) is 2.03. The third-order valence-corrected chi connectivity index (χ3v) is 3.10. The van der Waals surface area contributed by atoms with Gasteiger partial charge in [-0.2, -0.15) is 0 Å². The molecule has 70 valence electrons. The standard InChI is InChI=1S/C11H21N/c1-11(2,3)9-5-7-10(12-4)8-6-9/h9H,5-8H2,1-4H3. The van der Waals surface area contributed by atoms with Crippen molar-refractivity contribution in [2.75, 3.05) is 7.05 Å². The van der Waals surface area contributed by atoms with Crippen LogP contribution in [0.5, 0.6) is 0 Å². The highest BCUT2D eigenvalue weighted by atomic mass is 14.7. The normalized spacial score (nSPS) is 25.7. The lowest BCUT2D eigenvalue weighted by molar-refractivity contribution is 0.208. The molecule has 1 rings (SSSR count). The first-order chi connectivity index (χ1) is 5.54. The van der Waals surface area contributed by atoms with Crippen molar-refractivity contribution >= 4 is 5.71 Å². The third-order valence-electron chi connectivity index (χ3n) is 3.10. The maximum atomic E-state index is 4.28. The van der Waals surface area contributed by atoms with Crippen LogP contribution >= 0.6 is 0 Å². The fourth-order valence-corrected chi connectivity index (χ4v) is 2.04. The molecule has 0 aromatic carbocycles. The molecular weight excluding hydrogens is 146 g/mol. The predicted molar refractivity (Wildman–Crippen MR) is 54.8 cm³/mol. The van der Waals surface area contributed by atoms with Crippen LogP contribution in [-0.4, -0.2) is 12.8 Å². The molecule has 0 aromatic heterocycles. The van der Waals surface area contributed by atoms with E-state index >= 15 is 0 Å². The summed E-state index contributed by atoms with van der Waals surface area (Å²) in [5, 5.41) is 0. The van der Waals surface area contributed by atoms with E-state index in [9.17, 15) is 0 Å². The summed E-state index contributed by atoms with van der Waals surface area (Å²) in [5.74, 6) is 0.906. The molecule has 1 heteroatoms. The summed E-state index contributed by atoms with van der Waals surface area (Å²) in [6, 6.07) is 0. The molecule has 1 saturated carbocycles. The van der Waals surface area contributed by atoms with Gasteiger partial charge in [-0.05, 0) is 37.0 Å². The first-order valence-electron chi connectivity index (χ1n) is 4.98. The van der Waals surface area contributed by atoms with E-state index in [0.717, 1.165) is 5.92 Å². The quantitative estimate of drug-likeness (QED) is 0.525. The Kier molecular flexibility index (Phi) is 2.92. The second-order valence-electron chi connectivity index (χ2n) is 4.93. The van der Waals surface area contributed by atoms with Crippen molar-refractivity contribution in [1.29, 1.82) is 0 Å². The molecule has 1 nitrogen and oxygen atoms in total. The SMILES string of the molecule is CN=C1CCC(C(C)(C)C)CC1. The van der Waals surface area contributed by atoms with E-state index in [0.29, 0.717) is 5.41 Å². The van der Waals surface area contributed by atoms with Crippen molar-refractivity contribution in [3.63, 3.8) is 0 Å². The van der Waals surface area contributed by atoms with Crippen molar-refractivity contribution in [3.8, 4) is 0 Å². The molecule has 0 unspecified atom stereocenters. The van der Waals surface area contributed by atoms with Crippen LogP contribution in [0, 0.1) is 11.3 Å². The van der Waals surface area contributed by atoms with E-state index < -0.39 is 0 Å². The van der Waals surface area contributed by atoms with Gasteiger partial charge in [0, 0.05) is 12.8 Å². The fourth-order valence-electron chi connectivity index (χ4n) is 2.04. The molecule has 0 amide bonds. The maximum Gasteiger partial charge on any atom is 0.0276 e. The number of rotatable bonds is 0. The molecule has 0 N–H and O–H groups in total. The average molecular weight is 167 g/mol. The second-order valence-corrected chi connectivity index (χ2v) is 4.93. The fraction of sp³-hybridized carbons (Fsp3) is 0.909. The number of hydrogen-bond acceptors (Lipinski definition) is 1. The summed E-state index contributed by atoms with van der Waals surface area (Å²) in [6.45, 7) is 7.06. The van der Waals surface area contributed by atoms with Crippen LogP contribution in [0.1, 0.15) is 46.5 Å². The molecule has 1 aliphatic carbocycles. The Labute approximate surface area is 76.3 Å². The Morgan fingerprint density at radius 1 is 1.17 bits per heavy atom. The lowest BCUT2D eigenvalue weighted by Gasteiger charge is -2.34. The first kappa shape index (κ1) is 9.76. The third kappa shape index (κ3) is 2.33. The van der Waals surface area contributed by atoms with Gasteiger partial charge in [0.1, 0.15) is 0 Å². The Morgan fingerprint density at radius 2 is 1.67 bits per heavy atom. The molecule has 0 spiro atoms. The van der Waals surface area contributed by atoms with Crippen molar-refractivity contribution in [1.82, 2.24) is 0 Å². The van der Waals surface area contributed by atoms with Crippen LogP contribution in [0.2, 0.25) is 0 Å². The highest BCUT2D eigenvalue weighted by Gasteiger charge is 2.27. The van der Waals surface area contributed by atoms with Gasteiger partial charge in [-0.25, -0.2) is 0 Å². The monoisotopic (exact) mass is 167 g/mol. The summed E-state index contributed by atoms with van der Waals surface area (Å²) in [6.07, 6.45) is 5.16. The van der Waals surface area contributed by atoms with E-state index in [1.807, 2.05) is 7.05 Å². The minimum absolute atomic E-state index is 0.499. The van der Waals surface area contributed by atoms with Crippen LogP contribution in [0.3, 0.4) is 0 Å². The highest BCUT2D eigenvalue weighted by molar-refractivity contribution is 5.84. The van der Waals surface area contributed by atoms with Crippen LogP contribution in [0.4, 0.5) is 0 Å². The van der Waals surface area contributed by atoms with Gasteiger partial charge in [-0.3, -0.25) is 4.99 Å². The Hall–Kier alpha value is -0.330. The summed E-state index contributed by atoms with van der Waals surface area (Å²) in [4.78, 5) is 4.28. The van der Waals surface area contributed by atoms with Crippen molar-refractivity contribution in [2.45, 2.75) is 46.5 Å². The smallest absolute Gasteiger partial charge is 0.0276 e. The second kappa shape index (κ2) is 3.59. The number of aliphatic imine (C=N–C) groups is 1. The lowest BCUT2D eigenvalue weighted by Crippen LogP contribution is -2.25. The maximum absolute atomic E-state index is 4.28. The van der Waals surface area contributed by atoms with Gasteiger partial charge in [0.15, 0.2) is 0 Å². The molecular formula is C11H21N. The van der Waals surface area contributed by atoms with Gasteiger partial charge < -0.3 is 0 Å². The van der Waals surface area contributed by atoms with E-state index in [4.69, 9.17) is 0 Å². The van der Waals surface area contributed by atoms with Crippen LogP contribution in [0.25, 0.3) is 0 Å². The molecule has 1 aliphatic rings. The lowest BCUT2D eigenvalue weighted by atomic mass is 9.72. The topological polar surface area (TPSA) is 12.4 Å². The van der Waals surface area contributed by atoms with Gasteiger partial charge in [0.05, 0.1) is 0 Å². The zero-order chi connectivity index (χ0) is 9.19. The molecule has 0 saturated heterocycles. The molecule has 0 atom stereocenters. The zero-order valence-electron chi connectivity index (χ0n) is 8.85. The molecule has 1 fully saturated rings. The van der Waals surface area contributed by atoms with Gasteiger partial charge in [-0.1, -0.05) is 20.8 Å². The predicted octanol–water partition coefficient (Wildman–Crippen LogP) is 3.29. The van der Waals surface area contributed by atoms with E-state index in [-0.39, 0.29) is 0 Å². The molecule has 12 heavy (non-hydrogen) atoms. The summed E-state index contributed by atoms with van der Waals surface area (Å²) in [7, 11) is 1.92. The molecule has 0 aliphatic heterocycles. The molecule has 0 aromatic rings. The minimum atomic E-state index is 0.499. The zero-order valence-corrected chi connectivity index (χ0v) is 8.85. The molecule has 0 heterocycles. The molecule has 0 bridgehead atoms.